The van der Waals surface area contributed by atoms with E-state index < -0.39 is 55.4 Å². The normalized spacial score (nSPS) is 21.4. The molecule has 7 amide bonds. The first-order valence-electron chi connectivity index (χ1n) is 42.2. The molecule has 10 heterocycles. The van der Waals surface area contributed by atoms with Gasteiger partial charge in [0.15, 0.2) is 48.0 Å². The number of methoxy groups -OCH3 is 2. The van der Waals surface area contributed by atoms with Crippen molar-refractivity contribution in [3.8, 4) is 28.7 Å². The highest BCUT2D eigenvalue weighted by Crippen LogP contribution is 2.50. The van der Waals surface area contributed by atoms with E-state index in [0.29, 0.717) is 125 Å². The number of nitrogens with zero attached hydrogens (tertiary/aromatic N) is 9. The number of fused-ring (bicyclic) bond motifs is 12. The van der Waals surface area contributed by atoms with Crippen molar-refractivity contribution >= 4 is 110 Å². The predicted octanol–water partition coefficient (Wildman–Crippen LogP) is 14.2. The van der Waals surface area contributed by atoms with E-state index in [4.69, 9.17) is 75.3 Å². The van der Waals surface area contributed by atoms with Crippen molar-refractivity contribution in [3.05, 3.63) is 203 Å². The number of halogens is 2. The molecule has 8 aromatic rings. The zero-order valence-electron chi connectivity index (χ0n) is 69.3. The van der Waals surface area contributed by atoms with Crippen LogP contribution in [-0.2, 0) is 63.9 Å². The van der Waals surface area contributed by atoms with Crippen LogP contribution in [0.4, 0.5) is 37.1 Å². The largest absolute Gasteiger partial charge is 0.493 e. The number of aromatic nitrogens is 1. The Bertz CT molecular complexity index is 5330. The van der Waals surface area contributed by atoms with Gasteiger partial charge in [-0.1, -0.05) is 110 Å². The van der Waals surface area contributed by atoms with Gasteiger partial charge in [0.1, 0.15) is 24.7 Å². The summed E-state index contributed by atoms with van der Waals surface area (Å²) in [6.07, 6.45) is 6.16. The Labute approximate surface area is 723 Å². The molecular weight excluding hydrogens is 1620 g/mol. The topological polar surface area (TPSA) is 271 Å². The van der Waals surface area contributed by atoms with Crippen LogP contribution in [0.15, 0.2) is 159 Å². The van der Waals surface area contributed by atoms with Gasteiger partial charge in [0.2, 0.25) is 18.0 Å². The van der Waals surface area contributed by atoms with Crippen LogP contribution in [0.1, 0.15) is 130 Å². The van der Waals surface area contributed by atoms with E-state index >= 15 is 0 Å². The van der Waals surface area contributed by atoms with Crippen molar-refractivity contribution in [1.82, 2.24) is 19.6 Å². The molecule has 646 valence electrons. The number of carbonyl (C=O) groups excluding carboxylic acids is 7. The molecule has 30 heteroatoms. The maximum atomic E-state index is 14.8. The molecule has 7 aromatic carbocycles. The number of rotatable bonds is 23. The van der Waals surface area contributed by atoms with Crippen molar-refractivity contribution in [2.75, 3.05) is 132 Å². The summed E-state index contributed by atoms with van der Waals surface area (Å²) in [4.78, 5) is 113. The number of para-hydroxylation sites is 1. The third-order valence-electron chi connectivity index (χ3n) is 24.4. The van der Waals surface area contributed by atoms with E-state index in [1.54, 1.807) is 61.0 Å². The third kappa shape index (κ3) is 17.6. The zero-order chi connectivity index (χ0) is 85.5. The van der Waals surface area contributed by atoms with E-state index in [9.17, 15) is 38.8 Å². The number of alkyl halides is 2. The highest BCUT2D eigenvalue weighted by Gasteiger charge is 2.51. The van der Waals surface area contributed by atoms with Gasteiger partial charge in [-0.25, -0.2) is 24.2 Å². The fourth-order valence-corrected chi connectivity index (χ4v) is 18.7. The molecule has 0 spiro atoms. The monoisotopic (exact) mass is 1720 g/mol. The Kier molecular flexibility index (Phi) is 26.5. The van der Waals surface area contributed by atoms with Crippen LogP contribution in [0.3, 0.4) is 0 Å². The molecule has 9 aliphatic rings. The van der Waals surface area contributed by atoms with Crippen LogP contribution in [0.25, 0.3) is 21.7 Å². The number of piperazine rings is 1. The number of amides is 7. The lowest BCUT2D eigenvalue weighted by molar-refractivity contribution is -0.884. The molecule has 0 aliphatic carbocycles. The summed E-state index contributed by atoms with van der Waals surface area (Å²) in [5, 5.41) is 13.2. The van der Waals surface area contributed by atoms with Crippen LogP contribution in [0.2, 0.25) is 0 Å². The fraction of sp³-hybridized carbons (Fsp3) is 0.419. The number of hydrogen-bond acceptors (Lipinski definition) is 20. The molecule has 0 saturated carbocycles. The molecule has 3 fully saturated rings. The Balaban J connectivity index is 0.000000184. The van der Waals surface area contributed by atoms with E-state index in [-0.39, 0.29) is 120 Å². The summed E-state index contributed by atoms with van der Waals surface area (Å²) < 4.78 is 68.2. The Morgan fingerprint density at radius 3 is 1.47 bits per heavy atom. The van der Waals surface area contributed by atoms with E-state index in [1.807, 2.05) is 104 Å². The molecule has 2 unspecified atom stereocenters. The average molecular weight is 1720 g/mol. The standard InChI is InChI=1S/C50H56ClN5O10.C43H46ClN4O9/c1-4-22-64-50(60)56-38-27-43(42(61-3)26-37(38)47(58)55-30-33-13-6-5-12-32(33)25-40(55)48(56)66-45-17-9-10-23-63-45)62-24-11-16-44(57)54-31-34(29-51)46-36-15-8-7-14-35(36)41(28-39(46)54)65-49(59)53-20-18-52(2)19-21-53;1-3-17-56-43(51)48-33-22-37(54-19-10-15-38(49)45-25-29(23-44)40-30-13-6-7-14-32(30)47(52)26-35(40)45)36(53-2)21-31(33)41(50)46-24-28-12-5-4-11-27(28)20-34(46)42(48)57-39-16-8-9-18-55-39/h4-8,12-15,26-28,34,40,45,48H,1,9-11,16-25,29-31H2,2-3H3;3-7,11-14,21-22,26,29,34,39,42,52H,1,8-10,15-20,23-25H2,2H3/q;+1/t34-,40+,45?,48+;29-,34+,39?,42+/m11/s1. The van der Waals surface area contributed by atoms with Gasteiger partial charge in [-0.15, -0.1) is 23.2 Å². The van der Waals surface area contributed by atoms with Gasteiger partial charge >= 0.3 is 18.3 Å². The number of ether oxygens (including phenoxy) is 11. The molecule has 1 aromatic heterocycles. The minimum Gasteiger partial charge on any atom is -0.493 e. The number of benzene rings is 7. The predicted molar refractivity (Wildman–Crippen MR) is 460 cm³/mol. The van der Waals surface area contributed by atoms with Crippen molar-refractivity contribution in [2.45, 2.75) is 139 Å². The highest BCUT2D eigenvalue weighted by molar-refractivity contribution is 6.19. The number of carbonyl (C=O) groups is 7. The molecular formula is C93H102Cl2N9O19+. The molecule has 9 aliphatic heterocycles. The number of anilines is 4. The first-order valence-corrected chi connectivity index (χ1v) is 43.3. The van der Waals surface area contributed by atoms with Gasteiger partial charge in [-0.3, -0.25) is 24.4 Å². The van der Waals surface area contributed by atoms with Crippen molar-refractivity contribution in [3.63, 3.8) is 0 Å². The van der Waals surface area contributed by atoms with Crippen molar-refractivity contribution in [1.29, 1.82) is 0 Å². The Morgan fingerprint density at radius 2 is 0.992 bits per heavy atom. The first-order chi connectivity index (χ1) is 60.0. The van der Waals surface area contributed by atoms with Crippen LogP contribution < -0.4 is 48.0 Å². The maximum absolute atomic E-state index is 14.8. The molecule has 28 nitrogen and oxygen atoms in total. The molecule has 8 atom stereocenters. The average Bonchev–Trinajstić information content (AvgIpc) is 1.61. The van der Waals surface area contributed by atoms with Gasteiger partial charge in [0.05, 0.1) is 73.1 Å². The Morgan fingerprint density at radius 1 is 0.537 bits per heavy atom. The lowest BCUT2D eigenvalue weighted by Gasteiger charge is -2.43. The third-order valence-corrected chi connectivity index (χ3v) is 25.2. The van der Waals surface area contributed by atoms with E-state index in [0.717, 1.165) is 93.0 Å². The summed E-state index contributed by atoms with van der Waals surface area (Å²) in [7, 11) is 4.99. The van der Waals surface area contributed by atoms with Crippen molar-refractivity contribution < 1.29 is 95.6 Å². The summed E-state index contributed by atoms with van der Waals surface area (Å²) in [6, 6.07) is 38.2. The minimum absolute atomic E-state index is 0.0579. The second-order valence-corrected chi connectivity index (χ2v) is 32.6. The molecule has 17 rings (SSSR count). The zero-order valence-corrected chi connectivity index (χ0v) is 70.8. The maximum Gasteiger partial charge on any atom is 0.416 e. The quantitative estimate of drug-likeness (QED) is 0.0205. The lowest BCUT2D eigenvalue weighted by Crippen LogP contribution is -2.58. The van der Waals surface area contributed by atoms with E-state index in [1.165, 1.54) is 36.2 Å². The molecule has 0 bridgehead atoms. The van der Waals surface area contributed by atoms with Gasteiger partial charge in [0, 0.05) is 142 Å². The van der Waals surface area contributed by atoms with Gasteiger partial charge in [-0.05, 0) is 123 Å². The molecule has 0 radical (unpaired) electrons. The fourth-order valence-electron chi connectivity index (χ4n) is 18.2. The summed E-state index contributed by atoms with van der Waals surface area (Å²) in [6.45, 7) is 12.6. The van der Waals surface area contributed by atoms with Crippen molar-refractivity contribution in [2.24, 2.45) is 0 Å². The van der Waals surface area contributed by atoms with Crippen LogP contribution >= 0.6 is 23.2 Å². The molecule has 123 heavy (non-hydrogen) atoms. The van der Waals surface area contributed by atoms with Crippen LogP contribution in [0.5, 0.6) is 28.7 Å². The number of hydrogen-bond donors (Lipinski definition) is 1. The first kappa shape index (κ1) is 85.3. The summed E-state index contributed by atoms with van der Waals surface area (Å²) in [5.41, 5.74) is 8.87. The second kappa shape index (κ2) is 38.3. The smallest absolute Gasteiger partial charge is 0.416 e. The molecule has 3 saturated heterocycles. The number of pyridine rings is 1. The summed E-state index contributed by atoms with van der Waals surface area (Å²) >= 11 is 13.0. The number of likely N-dealkylation sites (N-methyl/N-ethyl adjacent to an activating group) is 1. The minimum atomic E-state index is -0.990. The summed E-state index contributed by atoms with van der Waals surface area (Å²) in [5.74, 6) is 1.02. The van der Waals surface area contributed by atoms with Crippen LogP contribution in [-0.4, -0.2) is 216 Å². The highest BCUT2D eigenvalue weighted by atomic mass is 35.5. The molecule has 1 N–H and O–H groups in total. The van der Waals surface area contributed by atoms with Gasteiger partial charge in [0.25, 0.3) is 17.3 Å². The second-order valence-electron chi connectivity index (χ2n) is 32.0. The SMILES string of the molecule is C=CCOC(=O)N1c2cc(OCCCC(=O)N3C[C@@H](CCl)c4c3c[n+](O)c3ccccc43)c(OC)cc2C(=O)N2Cc3ccccc3C[C@H]2[C@@H]1OC1CCCCO1.C=CCOC(=O)N1c2cc(OCCCC(=O)N3C[C@@H](CCl)c4c3cc(OC(=O)N3CCN(C)CC3)c3ccccc43)c(OC)cc2C(=O)N2Cc3ccccc3C[C@H]2[C@@H]1OC1CCCCO1. The van der Waals surface area contributed by atoms with E-state index in [2.05, 4.69) is 18.1 Å². The van der Waals surface area contributed by atoms with Gasteiger partial charge in [-0.2, -0.15) is 0 Å². The lowest BCUT2D eigenvalue weighted by atomic mass is 9.92. The Hall–Kier alpha value is -11.2. The van der Waals surface area contributed by atoms with Crippen LogP contribution in [0, 0.1) is 0 Å². The van der Waals surface area contributed by atoms with Gasteiger partial charge < -0.3 is 81.5 Å².